The fourth-order valence-corrected chi connectivity index (χ4v) is 5.92. The van der Waals surface area contributed by atoms with E-state index in [-0.39, 0.29) is 41.3 Å². The van der Waals surface area contributed by atoms with Crippen molar-refractivity contribution in [3.05, 3.63) is 51.3 Å². The molecule has 1 unspecified atom stereocenters. The third kappa shape index (κ3) is 6.06. The van der Waals surface area contributed by atoms with E-state index in [4.69, 9.17) is 23.2 Å². The molecule has 15 heteroatoms. The Labute approximate surface area is 240 Å². The van der Waals surface area contributed by atoms with E-state index in [1.807, 2.05) is 5.32 Å². The van der Waals surface area contributed by atoms with Gasteiger partial charge in [-0.3, -0.25) is 19.1 Å². The fraction of sp³-hybridized carbons (Fsp3) is 0.538. The summed E-state index contributed by atoms with van der Waals surface area (Å²) in [5.41, 5.74) is -6.45. The van der Waals surface area contributed by atoms with Gasteiger partial charge in [0.05, 0.1) is 44.1 Å². The Morgan fingerprint density at radius 1 is 1.07 bits per heavy atom. The van der Waals surface area contributed by atoms with E-state index in [2.05, 4.69) is 5.10 Å². The maximum atomic E-state index is 14.1. The highest BCUT2D eigenvalue weighted by Gasteiger charge is 2.67. The normalized spacial score (nSPS) is 23.1. The summed E-state index contributed by atoms with van der Waals surface area (Å²) in [5.74, 6) is -3.44. The standard InChI is InChI=1S/C26H25Cl2F6N3O4/c1-23(22(40)41)7-5-13(6-8-23)37-12-14(20(36-37)25(29,30)31)21(39)35-18(24(9-10-24)26(32,33)34)11-17(38)19-15(27)3-2-4-16(19)28/h2-4,12-13,18H,5-11H2,1H3,(H,35,39)(H,40,41). The number of nitrogens with one attached hydrogen (secondary N) is 1. The average Bonchev–Trinajstić information content (AvgIpc) is 3.55. The van der Waals surface area contributed by atoms with Gasteiger partial charge in [-0.05, 0) is 57.6 Å². The lowest BCUT2D eigenvalue weighted by Crippen LogP contribution is -2.49. The van der Waals surface area contributed by atoms with Gasteiger partial charge in [-0.1, -0.05) is 29.3 Å². The summed E-state index contributed by atoms with van der Waals surface area (Å²) in [7, 11) is 0. The van der Waals surface area contributed by atoms with Crippen LogP contribution >= 0.6 is 23.2 Å². The fourth-order valence-electron chi connectivity index (χ4n) is 5.31. The molecule has 1 aromatic carbocycles. The lowest BCUT2D eigenvalue weighted by molar-refractivity contribution is -0.194. The zero-order valence-corrected chi connectivity index (χ0v) is 23.0. The number of ketones is 1. The van der Waals surface area contributed by atoms with Gasteiger partial charge >= 0.3 is 18.3 Å². The topological polar surface area (TPSA) is 101 Å². The molecule has 2 aromatic rings. The summed E-state index contributed by atoms with van der Waals surface area (Å²) in [6, 6.07) is 1.46. The molecule has 41 heavy (non-hydrogen) atoms. The zero-order chi connectivity index (χ0) is 30.5. The van der Waals surface area contributed by atoms with Crippen LogP contribution in [0.5, 0.6) is 0 Å². The van der Waals surface area contributed by atoms with Crippen molar-refractivity contribution < 1.29 is 45.8 Å². The van der Waals surface area contributed by atoms with Crippen LogP contribution in [0.15, 0.2) is 24.4 Å². The molecule has 224 valence electrons. The molecule has 1 amide bonds. The molecule has 2 aliphatic rings. The van der Waals surface area contributed by atoms with Gasteiger partial charge < -0.3 is 10.4 Å². The first-order chi connectivity index (χ1) is 18.9. The molecule has 1 aromatic heterocycles. The number of alkyl halides is 6. The molecule has 1 atom stereocenters. The summed E-state index contributed by atoms with van der Waals surface area (Å²) in [6.45, 7) is 1.53. The van der Waals surface area contributed by atoms with E-state index in [1.54, 1.807) is 0 Å². The van der Waals surface area contributed by atoms with Gasteiger partial charge in [-0.25, -0.2) is 0 Å². The zero-order valence-electron chi connectivity index (χ0n) is 21.5. The van der Waals surface area contributed by atoms with Gasteiger partial charge in [0.1, 0.15) is 0 Å². The first kappa shape index (κ1) is 31.1. The molecular formula is C26H25Cl2F6N3O4. The predicted octanol–water partition coefficient (Wildman–Crippen LogP) is 7.13. The van der Waals surface area contributed by atoms with Crippen LogP contribution in [0.25, 0.3) is 0 Å². The molecule has 1 heterocycles. The number of Topliss-reactive ketones (excluding diaryl/α,β-unsaturated/α-hetero) is 1. The number of nitrogens with zero attached hydrogens (tertiary/aromatic N) is 2. The minimum absolute atomic E-state index is 0.128. The van der Waals surface area contributed by atoms with Gasteiger partial charge in [0.15, 0.2) is 11.5 Å². The van der Waals surface area contributed by atoms with Crippen molar-refractivity contribution in [2.75, 3.05) is 0 Å². The van der Waals surface area contributed by atoms with Gasteiger partial charge in [0, 0.05) is 12.6 Å². The second-order valence-corrected chi connectivity index (χ2v) is 11.7. The third-order valence-electron chi connectivity index (χ3n) is 8.15. The van der Waals surface area contributed by atoms with Gasteiger partial charge in [-0.2, -0.15) is 31.4 Å². The number of amides is 1. The van der Waals surface area contributed by atoms with Crippen molar-refractivity contribution in [2.24, 2.45) is 10.8 Å². The Morgan fingerprint density at radius 2 is 1.63 bits per heavy atom. The monoisotopic (exact) mass is 627 g/mol. The Morgan fingerprint density at radius 3 is 2.10 bits per heavy atom. The second kappa shape index (κ2) is 10.8. The van der Waals surface area contributed by atoms with Crippen LogP contribution in [-0.4, -0.2) is 44.8 Å². The highest BCUT2D eigenvalue weighted by Crippen LogP contribution is 2.60. The van der Waals surface area contributed by atoms with E-state index in [0.717, 1.165) is 10.9 Å². The van der Waals surface area contributed by atoms with E-state index in [9.17, 15) is 45.8 Å². The van der Waals surface area contributed by atoms with Crippen LogP contribution in [-0.2, 0) is 11.0 Å². The Balaban J connectivity index is 1.64. The summed E-state index contributed by atoms with van der Waals surface area (Å²) in [6.07, 6.45) is -10.4. The number of carbonyl (C=O) groups is 3. The smallest absolute Gasteiger partial charge is 0.435 e. The predicted molar refractivity (Wildman–Crippen MR) is 135 cm³/mol. The number of hydrogen-bond donors (Lipinski definition) is 2. The maximum absolute atomic E-state index is 14.1. The number of carbonyl (C=O) groups excluding carboxylic acids is 2. The summed E-state index contributed by atoms with van der Waals surface area (Å²) in [5, 5.41) is 14.7. The van der Waals surface area contributed by atoms with Crippen molar-refractivity contribution in [3.8, 4) is 0 Å². The third-order valence-corrected chi connectivity index (χ3v) is 8.78. The van der Waals surface area contributed by atoms with Gasteiger partial charge in [0.25, 0.3) is 5.91 Å². The van der Waals surface area contributed by atoms with Crippen molar-refractivity contribution in [1.29, 1.82) is 0 Å². The van der Waals surface area contributed by atoms with Crippen LogP contribution < -0.4 is 5.32 Å². The lowest BCUT2D eigenvalue weighted by atomic mass is 9.74. The first-order valence-electron chi connectivity index (χ1n) is 12.6. The minimum Gasteiger partial charge on any atom is -0.481 e. The van der Waals surface area contributed by atoms with Crippen molar-refractivity contribution in [1.82, 2.24) is 15.1 Å². The quantitative estimate of drug-likeness (QED) is 0.239. The molecule has 0 radical (unpaired) electrons. The van der Waals surface area contributed by atoms with Crippen molar-refractivity contribution in [3.63, 3.8) is 0 Å². The molecule has 0 aliphatic heterocycles. The SMILES string of the molecule is CC1(C(=O)O)CCC(n2cc(C(=O)NC(CC(=O)c3c(Cl)cccc3Cl)C3(C(F)(F)F)CC3)c(C(F)(F)F)n2)CC1. The van der Waals surface area contributed by atoms with Crippen LogP contribution in [0.4, 0.5) is 26.3 Å². The highest BCUT2D eigenvalue weighted by atomic mass is 35.5. The van der Waals surface area contributed by atoms with Crippen LogP contribution in [0.2, 0.25) is 10.0 Å². The van der Waals surface area contributed by atoms with Crippen LogP contribution in [0.1, 0.15) is 84.3 Å². The van der Waals surface area contributed by atoms with E-state index < -0.39 is 83.4 Å². The number of benzene rings is 1. The van der Waals surface area contributed by atoms with Crippen molar-refractivity contribution in [2.45, 2.75) is 76.3 Å². The first-order valence-corrected chi connectivity index (χ1v) is 13.4. The number of halogens is 8. The Bertz CT molecular complexity index is 1340. The molecule has 0 saturated heterocycles. The molecular weight excluding hydrogens is 603 g/mol. The molecule has 0 bridgehead atoms. The highest BCUT2D eigenvalue weighted by molar-refractivity contribution is 6.39. The second-order valence-electron chi connectivity index (χ2n) is 10.9. The molecule has 2 saturated carbocycles. The van der Waals surface area contributed by atoms with Crippen LogP contribution in [0.3, 0.4) is 0 Å². The average molecular weight is 628 g/mol. The lowest BCUT2D eigenvalue weighted by Gasteiger charge is -2.33. The number of aromatic nitrogens is 2. The number of carboxylic acids is 1. The minimum atomic E-state index is -5.13. The number of rotatable bonds is 8. The molecule has 4 rings (SSSR count). The summed E-state index contributed by atoms with van der Waals surface area (Å²) >= 11 is 12.1. The van der Waals surface area contributed by atoms with Crippen LogP contribution in [0, 0.1) is 10.8 Å². The molecule has 2 fully saturated rings. The molecule has 2 aliphatic carbocycles. The largest absolute Gasteiger partial charge is 0.481 e. The summed E-state index contributed by atoms with van der Waals surface area (Å²) < 4.78 is 84.9. The summed E-state index contributed by atoms with van der Waals surface area (Å²) in [4.78, 5) is 37.7. The molecule has 7 nitrogen and oxygen atoms in total. The maximum Gasteiger partial charge on any atom is 0.435 e. The molecule has 2 N–H and O–H groups in total. The van der Waals surface area contributed by atoms with Gasteiger partial charge in [0.2, 0.25) is 0 Å². The Kier molecular flexibility index (Phi) is 8.20. The van der Waals surface area contributed by atoms with E-state index in [1.165, 1.54) is 25.1 Å². The van der Waals surface area contributed by atoms with E-state index >= 15 is 0 Å². The van der Waals surface area contributed by atoms with E-state index in [0.29, 0.717) is 0 Å². The van der Waals surface area contributed by atoms with Gasteiger partial charge in [-0.15, -0.1) is 0 Å². The number of carboxylic acid groups (broad SMARTS) is 1. The number of aliphatic carboxylic acids is 1. The molecule has 0 spiro atoms. The van der Waals surface area contributed by atoms with Crippen molar-refractivity contribution >= 4 is 40.9 Å². The number of hydrogen-bond acceptors (Lipinski definition) is 4. The Hall–Kier alpha value is -2.80.